The highest BCUT2D eigenvalue weighted by Crippen LogP contribution is 2.33. The molecule has 0 aliphatic heterocycles. The van der Waals surface area contributed by atoms with Crippen molar-refractivity contribution in [3.63, 3.8) is 0 Å². The molecule has 1 amide bonds. The molecule has 1 aliphatic rings. The summed E-state index contributed by atoms with van der Waals surface area (Å²) < 4.78 is 5.76. The number of phenolic OH excluding ortho intramolecular Hbond substituents is 2. The van der Waals surface area contributed by atoms with Crippen molar-refractivity contribution in [1.29, 1.82) is 0 Å². The topological polar surface area (TPSA) is 99.1 Å². The highest BCUT2D eigenvalue weighted by atomic mass is 16.5. The first-order valence-electron chi connectivity index (χ1n) is 12.3. The second kappa shape index (κ2) is 11.1. The van der Waals surface area contributed by atoms with Crippen LogP contribution in [0.1, 0.15) is 86.8 Å². The molecule has 1 unspecified atom stereocenters. The molecule has 7 nitrogen and oxygen atoms in total. The summed E-state index contributed by atoms with van der Waals surface area (Å²) in [5, 5.41) is 23.9. The van der Waals surface area contributed by atoms with Crippen molar-refractivity contribution in [2.24, 2.45) is 0 Å². The Kier molecular flexibility index (Phi) is 8.43. The molecular weight excluding hydrogens is 444 g/mol. The Labute approximate surface area is 208 Å². The van der Waals surface area contributed by atoms with Crippen LogP contribution in [-0.2, 0) is 9.53 Å². The van der Waals surface area contributed by atoms with E-state index in [-0.39, 0.29) is 53.5 Å². The van der Waals surface area contributed by atoms with Gasteiger partial charge in [-0.1, -0.05) is 44.2 Å². The van der Waals surface area contributed by atoms with Gasteiger partial charge in [0, 0.05) is 19.7 Å². The van der Waals surface area contributed by atoms with Crippen LogP contribution in [0, 0.1) is 0 Å². The summed E-state index contributed by atoms with van der Waals surface area (Å²) in [5.74, 6) is -1.01. The second-order valence-corrected chi connectivity index (χ2v) is 10.3. The first kappa shape index (κ1) is 26.5. The third kappa shape index (κ3) is 6.54. The molecule has 7 heteroatoms. The largest absolute Gasteiger partial charge is 0.508 e. The van der Waals surface area contributed by atoms with Gasteiger partial charge in [0.25, 0.3) is 5.91 Å². The van der Waals surface area contributed by atoms with Crippen LogP contribution in [0.4, 0.5) is 0 Å². The van der Waals surface area contributed by atoms with E-state index in [4.69, 9.17) is 4.74 Å². The van der Waals surface area contributed by atoms with Gasteiger partial charge in [-0.3, -0.25) is 14.9 Å². The Bertz CT molecular complexity index is 1030. The fourth-order valence-corrected chi connectivity index (χ4v) is 4.51. The molecule has 2 aromatic rings. The first-order valence-corrected chi connectivity index (χ1v) is 12.3. The predicted octanol–water partition coefficient (Wildman–Crippen LogP) is 4.89. The number of likely N-dealkylation sites (N-methyl/N-ethyl adjacent to an activating group) is 1. The minimum absolute atomic E-state index is 0.0159. The lowest BCUT2D eigenvalue weighted by Crippen LogP contribution is -2.52. The van der Waals surface area contributed by atoms with Crippen LogP contribution in [0.25, 0.3) is 0 Å². The van der Waals surface area contributed by atoms with Gasteiger partial charge in [0.15, 0.2) is 0 Å². The standard InChI is InChI=1S/C28H38N2O5/c1-18(2)21-15-22(25(32)16-24(21)31)26(33)30(5)17-23(19-11-7-6-8-12-19)29-28(3,4)27(34)35-20-13-9-10-14-20/h6-8,11-12,15-16,18,20,23,29,31-32H,9-10,13-14,17H2,1-5H3. The predicted molar refractivity (Wildman–Crippen MR) is 136 cm³/mol. The van der Waals surface area contributed by atoms with Gasteiger partial charge >= 0.3 is 5.97 Å². The van der Waals surface area contributed by atoms with E-state index in [9.17, 15) is 19.8 Å². The summed E-state index contributed by atoms with van der Waals surface area (Å²) in [6.07, 6.45) is 3.92. The molecule has 3 N–H and O–H groups in total. The van der Waals surface area contributed by atoms with E-state index < -0.39 is 5.54 Å². The minimum Gasteiger partial charge on any atom is -0.508 e. The lowest BCUT2D eigenvalue weighted by atomic mass is 9.97. The smallest absolute Gasteiger partial charge is 0.326 e. The van der Waals surface area contributed by atoms with Gasteiger partial charge in [-0.05, 0) is 62.6 Å². The zero-order valence-electron chi connectivity index (χ0n) is 21.4. The molecule has 190 valence electrons. The molecule has 0 aromatic heterocycles. The summed E-state index contributed by atoms with van der Waals surface area (Å²) >= 11 is 0. The SMILES string of the molecule is CC(C)c1cc(C(=O)N(C)CC(NC(C)(C)C(=O)OC2CCCC2)c2ccccc2)c(O)cc1O. The number of carbonyl (C=O) groups is 2. The van der Waals surface area contributed by atoms with Crippen LogP contribution >= 0.6 is 0 Å². The molecule has 0 saturated heterocycles. The minimum atomic E-state index is -0.974. The van der Waals surface area contributed by atoms with Crippen molar-refractivity contribution < 1.29 is 24.5 Å². The highest BCUT2D eigenvalue weighted by molar-refractivity contribution is 5.97. The number of rotatable bonds is 9. The van der Waals surface area contributed by atoms with E-state index in [1.807, 2.05) is 44.2 Å². The summed E-state index contributed by atoms with van der Waals surface area (Å²) in [5.41, 5.74) is 0.666. The molecule has 1 saturated carbocycles. The van der Waals surface area contributed by atoms with Gasteiger partial charge in [0.05, 0.1) is 11.6 Å². The number of aromatic hydroxyl groups is 2. The fourth-order valence-electron chi connectivity index (χ4n) is 4.51. The van der Waals surface area contributed by atoms with E-state index in [0.29, 0.717) is 5.56 Å². The van der Waals surface area contributed by atoms with Crippen LogP contribution in [0.3, 0.4) is 0 Å². The third-order valence-corrected chi connectivity index (χ3v) is 6.62. The van der Waals surface area contributed by atoms with Crippen molar-refractivity contribution in [3.8, 4) is 11.5 Å². The lowest BCUT2D eigenvalue weighted by molar-refractivity contribution is -0.156. The van der Waals surface area contributed by atoms with Crippen LogP contribution in [0.5, 0.6) is 11.5 Å². The number of nitrogens with zero attached hydrogens (tertiary/aromatic N) is 1. The summed E-state index contributed by atoms with van der Waals surface area (Å²) in [7, 11) is 1.66. The monoisotopic (exact) mass is 482 g/mol. The zero-order chi connectivity index (χ0) is 25.8. The molecule has 0 bridgehead atoms. The molecule has 0 heterocycles. The van der Waals surface area contributed by atoms with Gasteiger partial charge in [0.2, 0.25) is 0 Å². The summed E-state index contributed by atoms with van der Waals surface area (Å²) in [4.78, 5) is 27.8. The van der Waals surface area contributed by atoms with E-state index in [2.05, 4.69) is 5.32 Å². The molecule has 1 fully saturated rings. The maximum Gasteiger partial charge on any atom is 0.326 e. The van der Waals surface area contributed by atoms with Crippen molar-refractivity contribution in [2.75, 3.05) is 13.6 Å². The molecule has 0 spiro atoms. The third-order valence-electron chi connectivity index (χ3n) is 6.62. The van der Waals surface area contributed by atoms with E-state index in [1.54, 1.807) is 27.0 Å². The van der Waals surface area contributed by atoms with Crippen LogP contribution < -0.4 is 5.32 Å². The Morgan fingerprint density at radius 3 is 2.31 bits per heavy atom. The lowest BCUT2D eigenvalue weighted by Gasteiger charge is -2.33. The summed E-state index contributed by atoms with van der Waals surface area (Å²) in [6.45, 7) is 7.66. The molecule has 1 aliphatic carbocycles. The van der Waals surface area contributed by atoms with E-state index in [0.717, 1.165) is 31.2 Å². The van der Waals surface area contributed by atoms with Crippen molar-refractivity contribution in [2.45, 2.75) is 77.0 Å². The number of ether oxygens (including phenoxy) is 1. The normalized spacial score (nSPS) is 15.3. The van der Waals surface area contributed by atoms with Crippen molar-refractivity contribution >= 4 is 11.9 Å². The van der Waals surface area contributed by atoms with Gasteiger partial charge in [0.1, 0.15) is 23.1 Å². The number of hydrogen-bond acceptors (Lipinski definition) is 6. The highest BCUT2D eigenvalue weighted by Gasteiger charge is 2.35. The van der Waals surface area contributed by atoms with Gasteiger partial charge in [-0.2, -0.15) is 0 Å². The number of carbonyl (C=O) groups excluding carboxylic acids is 2. The van der Waals surface area contributed by atoms with Crippen LogP contribution in [0.15, 0.2) is 42.5 Å². The Morgan fingerprint density at radius 1 is 1.09 bits per heavy atom. The van der Waals surface area contributed by atoms with Crippen LogP contribution in [-0.4, -0.2) is 52.2 Å². The van der Waals surface area contributed by atoms with E-state index in [1.165, 1.54) is 11.0 Å². The summed E-state index contributed by atoms with van der Waals surface area (Å²) in [6, 6.07) is 12.0. The van der Waals surface area contributed by atoms with Gasteiger partial charge < -0.3 is 19.8 Å². The Morgan fingerprint density at radius 2 is 1.71 bits per heavy atom. The average Bonchev–Trinajstić information content (AvgIpc) is 3.31. The maximum absolute atomic E-state index is 13.3. The number of nitrogens with one attached hydrogen (secondary N) is 1. The number of phenols is 2. The average molecular weight is 483 g/mol. The van der Waals surface area contributed by atoms with Crippen molar-refractivity contribution in [1.82, 2.24) is 10.2 Å². The quantitative estimate of drug-likeness (QED) is 0.440. The maximum atomic E-state index is 13.3. The van der Waals surface area contributed by atoms with Gasteiger partial charge in [-0.25, -0.2) is 0 Å². The number of benzene rings is 2. The Balaban J connectivity index is 1.81. The second-order valence-electron chi connectivity index (χ2n) is 10.3. The van der Waals surface area contributed by atoms with Crippen LogP contribution in [0.2, 0.25) is 0 Å². The zero-order valence-corrected chi connectivity index (χ0v) is 21.4. The molecule has 2 aromatic carbocycles. The van der Waals surface area contributed by atoms with E-state index >= 15 is 0 Å². The number of esters is 1. The number of amides is 1. The molecular formula is C28H38N2O5. The van der Waals surface area contributed by atoms with Gasteiger partial charge in [-0.15, -0.1) is 0 Å². The number of hydrogen-bond donors (Lipinski definition) is 3. The first-order chi connectivity index (χ1) is 16.5. The molecule has 3 rings (SSSR count). The molecule has 1 atom stereocenters. The molecule has 35 heavy (non-hydrogen) atoms. The Hall–Kier alpha value is -3.06. The van der Waals surface area contributed by atoms with Crippen molar-refractivity contribution in [3.05, 3.63) is 59.2 Å². The fraction of sp³-hybridized carbons (Fsp3) is 0.500. The molecule has 0 radical (unpaired) electrons.